The van der Waals surface area contributed by atoms with E-state index in [1.54, 1.807) is 24.3 Å². The standard InChI is InChI=1S/C26H19ClF4N4O2/c1-14-8-18(27)11-19(9-14)32-24(33-25(37)15-2-5-17(6-3-15)26(29,30)31)13-20-12-22(35-34-20)16-4-7-23(36)21(28)10-16/h2-12,36H,13H2,1H3,(H,34,35)(H,32,33,37). The molecule has 0 bridgehead atoms. The molecule has 1 amide bonds. The summed E-state index contributed by atoms with van der Waals surface area (Å²) < 4.78 is 52.4. The number of phenolic OH excluding ortho intramolecular Hbond substituents is 1. The van der Waals surface area contributed by atoms with Crippen LogP contribution in [-0.2, 0) is 12.6 Å². The lowest BCUT2D eigenvalue weighted by Crippen LogP contribution is -2.32. The lowest BCUT2D eigenvalue weighted by molar-refractivity contribution is -0.137. The average Bonchev–Trinajstić information content (AvgIpc) is 3.28. The smallest absolute Gasteiger partial charge is 0.416 e. The quantitative estimate of drug-likeness (QED) is 0.154. The summed E-state index contributed by atoms with van der Waals surface area (Å²) >= 11 is 6.13. The lowest BCUT2D eigenvalue weighted by atomic mass is 10.1. The van der Waals surface area contributed by atoms with Gasteiger partial charge in [0.1, 0.15) is 5.84 Å². The van der Waals surface area contributed by atoms with Gasteiger partial charge in [0.05, 0.1) is 16.9 Å². The maximum absolute atomic E-state index is 13.8. The van der Waals surface area contributed by atoms with E-state index in [1.807, 2.05) is 6.92 Å². The van der Waals surface area contributed by atoms with Gasteiger partial charge in [-0.3, -0.25) is 9.89 Å². The Morgan fingerprint density at radius 2 is 1.81 bits per heavy atom. The first-order chi connectivity index (χ1) is 17.5. The zero-order chi connectivity index (χ0) is 26.7. The molecule has 0 aliphatic heterocycles. The minimum atomic E-state index is -4.52. The van der Waals surface area contributed by atoms with Crippen LogP contribution in [0.4, 0.5) is 23.2 Å². The minimum absolute atomic E-state index is 0.00726. The van der Waals surface area contributed by atoms with Crippen molar-refractivity contribution in [3.63, 3.8) is 0 Å². The first-order valence-electron chi connectivity index (χ1n) is 10.8. The van der Waals surface area contributed by atoms with E-state index in [4.69, 9.17) is 11.6 Å². The highest BCUT2D eigenvalue weighted by atomic mass is 35.5. The molecule has 1 aromatic heterocycles. The number of phenols is 1. The summed E-state index contributed by atoms with van der Waals surface area (Å²) in [5.74, 6) is -1.79. The molecule has 11 heteroatoms. The van der Waals surface area contributed by atoms with Gasteiger partial charge < -0.3 is 10.4 Å². The van der Waals surface area contributed by atoms with Crippen molar-refractivity contribution in [3.8, 4) is 17.0 Å². The fraction of sp³-hybridized carbons (Fsp3) is 0.115. The Morgan fingerprint density at radius 1 is 1.08 bits per heavy atom. The molecule has 0 saturated heterocycles. The van der Waals surface area contributed by atoms with Crippen molar-refractivity contribution in [1.29, 1.82) is 0 Å². The Kier molecular flexibility index (Phi) is 7.30. The monoisotopic (exact) mass is 530 g/mol. The van der Waals surface area contributed by atoms with E-state index in [2.05, 4.69) is 20.5 Å². The van der Waals surface area contributed by atoms with Crippen LogP contribution in [0.3, 0.4) is 0 Å². The second-order valence-corrected chi connectivity index (χ2v) is 8.63. The van der Waals surface area contributed by atoms with E-state index in [1.165, 1.54) is 12.1 Å². The molecule has 190 valence electrons. The predicted molar refractivity (Wildman–Crippen MR) is 132 cm³/mol. The van der Waals surface area contributed by atoms with E-state index < -0.39 is 29.2 Å². The van der Waals surface area contributed by atoms with E-state index in [9.17, 15) is 27.5 Å². The molecular weight excluding hydrogens is 512 g/mol. The number of nitrogens with one attached hydrogen (secondary N) is 2. The number of aliphatic imine (C=N–C) groups is 1. The van der Waals surface area contributed by atoms with E-state index >= 15 is 0 Å². The molecule has 0 aliphatic rings. The highest BCUT2D eigenvalue weighted by Gasteiger charge is 2.30. The van der Waals surface area contributed by atoms with Crippen LogP contribution >= 0.6 is 11.6 Å². The lowest BCUT2D eigenvalue weighted by Gasteiger charge is -2.10. The van der Waals surface area contributed by atoms with Crippen molar-refractivity contribution in [2.75, 3.05) is 0 Å². The zero-order valence-electron chi connectivity index (χ0n) is 19.2. The normalized spacial score (nSPS) is 12.0. The number of aromatic amines is 1. The first-order valence-corrected chi connectivity index (χ1v) is 11.2. The number of carbonyl (C=O) groups excluding carboxylic acids is 1. The number of amides is 1. The van der Waals surface area contributed by atoms with Gasteiger partial charge in [-0.2, -0.15) is 18.3 Å². The fourth-order valence-corrected chi connectivity index (χ4v) is 3.79. The van der Waals surface area contributed by atoms with Gasteiger partial charge in [-0.25, -0.2) is 9.38 Å². The summed E-state index contributed by atoms with van der Waals surface area (Å²) in [6, 6.07) is 14.3. The molecule has 0 saturated carbocycles. The Bertz CT molecular complexity index is 1460. The molecule has 6 nitrogen and oxygen atoms in total. The largest absolute Gasteiger partial charge is 0.505 e. The number of hydrogen-bond donors (Lipinski definition) is 3. The van der Waals surface area contributed by atoms with E-state index in [0.717, 1.165) is 35.9 Å². The molecule has 0 fully saturated rings. The van der Waals surface area contributed by atoms with Crippen LogP contribution in [0.15, 0.2) is 71.7 Å². The van der Waals surface area contributed by atoms with Gasteiger partial charge in [-0.15, -0.1) is 0 Å². The second-order valence-electron chi connectivity index (χ2n) is 8.20. The van der Waals surface area contributed by atoms with Gasteiger partial charge in [-0.1, -0.05) is 11.6 Å². The van der Waals surface area contributed by atoms with E-state index in [0.29, 0.717) is 27.7 Å². The first kappa shape index (κ1) is 25.9. The number of carbonyl (C=O) groups is 1. The predicted octanol–water partition coefficient (Wildman–Crippen LogP) is 6.60. The molecule has 3 aromatic carbocycles. The van der Waals surface area contributed by atoms with Crippen molar-refractivity contribution in [3.05, 3.63) is 100.0 Å². The zero-order valence-corrected chi connectivity index (χ0v) is 20.0. The summed E-state index contributed by atoms with van der Waals surface area (Å²) in [5.41, 5.74) is 1.73. The van der Waals surface area contributed by atoms with Gasteiger partial charge in [0.2, 0.25) is 0 Å². The number of aryl methyl sites for hydroxylation is 1. The highest BCUT2D eigenvalue weighted by molar-refractivity contribution is 6.30. The highest BCUT2D eigenvalue weighted by Crippen LogP contribution is 2.29. The Labute approximate surface area is 213 Å². The summed E-state index contributed by atoms with van der Waals surface area (Å²) in [7, 11) is 0. The maximum Gasteiger partial charge on any atom is 0.416 e. The Morgan fingerprint density at radius 3 is 2.46 bits per heavy atom. The van der Waals surface area contributed by atoms with Crippen molar-refractivity contribution < 1.29 is 27.5 Å². The Hall–Kier alpha value is -4.18. The molecule has 3 N–H and O–H groups in total. The summed E-state index contributed by atoms with van der Waals surface area (Å²) in [4.78, 5) is 17.3. The van der Waals surface area contributed by atoms with Crippen molar-refractivity contribution in [2.45, 2.75) is 19.5 Å². The van der Waals surface area contributed by atoms with Crippen LogP contribution in [0.5, 0.6) is 5.75 Å². The molecule has 0 atom stereocenters. The third-order valence-corrected chi connectivity index (χ3v) is 5.47. The number of nitrogens with zero attached hydrogens (tertiary/aromatic N) is 2. The van der Waals surface area contributed by atoms with E-state index in [-0.39, 0.29) is 17.8 Å². The second kappa shape index (κ2) is 10.4. The van der Waals surface area contributed by atoms with Gasteiger partial charge in [0.25, 0.3) is 5.91 Å². The molecule has 4 rings (SSSR count). The molecular formula is C26H19ClF4N4O2. The minimum Gasteiger partial charge on any atom is -0.505 e. The number of amidine groups is 1. The van der Waals surface area contributed by atoms with Crippen molar-refractivity contribution in [1.82, 2.24) is 15.5 Å². The molecule has 1 heterocycles. The third-order valence-electron chi connectivity index (χ3n) is 5.26. The van der Waals surface area contributed by atoms with Crippen LogP contribution in [0.1, 0.15) is 27.2 Å². The number of alkyl halides is 3. The molecule has 4 aromatic rings. The van der Waals surface area contributed by atoms with Gasteiger partial charge in [0.15, 0.2) is 11.6 Å². The van der Waals surface area contributed by atoms with Crippen molar-refractivity contribution >= 4 is 29.0 Å². The van der Waals surface area contributed by atoms with Crippen molar-refractivity contribution in [2.24, 2.45) is 4.99 Å². The number of H-pyrrole nitrogens is 1. The number of aromatic nitrogens is 2. The van der Waals surface area contributed by atoms with Crippen LogP contribution in [0.2, 0.25) is 5.02 Å². The molecule has 0 radical (unpaired) electrons. The van der Waals surface area contributed by atoms with Gasteiger partial charge in [0, 0.05) is 28.3 Å². The van der Waals surface area contributed by atoms with Crippen LogP contribution < -0.4 is 5.32 Å². The van der Waals surface area contributed by atoms with Gasteiger partial charge in [-0.05, 0) is 79.2 Å². The summed E-state index contributed by atoms with van der Waals surface area (Å²) in [6.45, 7) is 1.82. The molecule has 0 unspecified atom stereocenters. The average molecular weight is 531 g/mol. The van der Waals surface area contributed by atoms with Gasteiger partial charge >= 0.3 is 6.18 Å². The number of halogens is 5. The number of aromatic hydroxyl groups is 1. The summed E-state index contributed by atoms with van der Waals surface area (Å²) in [6.07, 6.45) is -4.48. The maximum atomic E-state index is 13.8. The molecule has 0 aliphatic carbocycles. The Balaban J connectivity index is 1.62. The molecule has 37 heavy (non-hydrogen) atoms. The topological polar surface area (TPSA) is 90.4 Å². The number of rotatable bonds is 5. The fourth-order valence-electron chi connectivity index (χ4n) is 3.51. The van der Waals surface area contributed by atoms with Crippen LogP contribution in [0.25, 0.3) is 11.3 Å². The third kappa shape index (κ3) is 6.53. The SMILES string of the molecule is Cc1cc(Cl)cc(N=C(Cc2cc(-c3ccc(O)c(F)c3)n[nH]2)NC(=O)c2ccc(C(F)(F)F)cc2)c1. The van der Waals surface area contributed by atoms with Crippen LogP contribution in [-0.4, -0.2) is 27.0 Å². The van der Waals surface area contributed by atoms with Crippen LogP contribution in [0, 0.1) is 12.7 Å². The number of hydrogen-bond acceptors (Lipinski definition) is 4. The summed E-state index contributed by atoms with van der Waals surface area (Å²) in [5, 5.41) is 19.4. The molecule has 0 spiro atoms. The number of benzene rings is 3.